The second kappa shape index (κ2) is 10.5. The van der Waals surface area contributed by atoms with Gasteiger partial charge in [0.15, 0.2) is 5.76 Å². The fourth-order valence-corrected chi connectivity index (χ4v) is 6.18. The molecule has 1 aromatic carbocycles. The predicted octanol–water partition coefficient (Wildman–Crippen LogP) is 3.44. The number of hydrogen-bond acceptors (Lipinski definition) is 11. The number of aryl methyl sites for hydroxylation is 1. The third kappa shape index (κ3) is 4.87. The van der Waals surface area contributed by atoms with Crippen molar-refractivity contribution in [3.8, 4) is 17.6 Å². The molecule has 0 radical (unpaired) electrons. The van der Waals surface area contributed by atoms with E-state index in [1.165, 1.54) is 6.34 Å². The van der Waals surface area contributed by atoms with Gasteiger partial charge in [0.2, 0.25) is 17.4 Å². The van der Waals surface area contributed by atoms with Gasteiger partial charge in [0, 0.05) is 18.5 Å². The highest BCUT2D eigenvalue weighted by molar-refractivity contribution is 5.76. The lowest BCUT2D eigenvalue weighted by atomic mass is 9.76. The number of anilines is 1. The number of rotatable bonds is 9. The van der Waals surface area contributed by atoms with Crippen LogP contribution >= 0.6 is 0 Å². The average Bonchev–Trinajstić information content (AvgIpc) is 3.63. The molecule has 1 atom stereocenters. The molecule has 0 spiro atoms. The van der Waals surface area contributed by atoms with Crippen molar-refractivity contribution in [1.29, 1.82) is 5.26 Å². The third-order valence-corrected chi connectivity index (χ3v) is 8.90. The van der Waals surface area contributed by atoms with Gasteiger partial charge in [-0.2, -0.15) is 5.26 Å². The summed E-state index contributed by atoms with van der Waals surface area (Å²) in [6, 6.07) is 8.97. The maximum Gasteiger partial charge on any atom is 0.245 e. The fraction of sp³-hybridized carbons (Fsp3) is 0.500. The number of aliphatic imine (C=N–C) groups is 1. The monoisotopic (exact) mass is 573 g/mol. The van der Waals surface area contributed by atoms with E-state index in [1.54, 1.807) is 4.90 Å². The van der Waals surface area contributed by atoms with Crippen LogP contribution in [0.25, 0.3) is 11.0 Å². The molecule has 6 rings (SSSR count). The van der Waals surface area contributed by atoms with Crippen molar-refractivity contribution in [3.63, 3.8) is 0 Å². The number of furan rings is 1. The summed E-state index contributed by atoms with van der Waals surface area (Å²) in [5, 5.41) is 37.3. The Hall–Kier alpha value is -4.37. The zero-order valence-corrected chi connectivity index (χ0v) is 24.5. The summed E-state index contributed by atoms with van der Waals surface area (Å²) < 4.78 is 6.08. The maximum atomic E-state index is 10.8. The van der Waals surface area contributed by atoms with E-state index < -0.39 is 5.41 Å². The maximum absolute atomic E-state index is 10.8. The first-order valence-electron chi connectivity index (χ1n) is 14.5. The average molecular weight is 574 g/mol. The van der Waals surface area contributed by atoms with Gasteiger partial charge in [-0.3, -0.25) is 9.80 Å². The number of nitrogens with two attached hydrogens (primary N) is 1. The van der Waals surface area contributed by atoms with Crippen LogP contribution in [0.15, 0.2) is 39.1 Å². The quantitative estimate of drug-likeness (QED) is 0.222. The smallest absolute Gasteiger partial charge is 0.245 e. The summed E-state index contributed by atoms with van der Waals surface area (Å²) in [4.78, 5) is 16.4. The van der Waals surface area contributed by atoms with E-state index >= 15 is 0 Å². The summed E-state index contributed by atoms with van der Waals surface area (Å²) in [5.41, 5.74) is 9.00. The van der Waals surface area contributed by atoms with Gasteiger partial charge in [0.1, 0.15) is 17.8 Å². The number of imidazole rings is 1. The first-order valence-corrected chi connectivity index (χ1v) is 14.5. The van der Waals surface area contributed by atoms with Crippen LogP contribution in [0.4, 0.5) is 5.88 Å². The lowest BCUT2D eigenvalue weighted by Crippen LogP contribution is -2.47. The molecule has 1 aliphatic carbocycles. The Balaban J connectivity index is 1.07. The van der Waals surface area contributed by atoms with Gasteiger partial charge < -0.3 is 36.0 Å². The molecule has 1 saturated carbocycles. The van der Waals surface area contributed by atoms with Crippen molar-refractivity contribution < 1.29 is 14.6 Å². The molecular formula is C30H39N9O3. The SMILES string of the molecule is CC(C)N(Cc1oc(N2CNC3=C(N)N=CN[C@@H]32)c(O)c1O)[C@H]1C[C@H](CCc2nc3cc(C(C)(C)C#N)ccc3[nH]2)C1. The second-order valence-corrected chi connectivity index (χ2v) is 12.4. The predicted molar refractivity (Wildman–Crippen MR) is 159 cm³/mol. The van der Waals surface area contributed by atoms with Crippen LogP contribution in [0.1, 0.15) is 64.1 Å². The molecule has 0 amide bonds. The van der Waals surface area contributed by atoms with Gasteiger partial charge in [-0.1, -0.05) is 6.07 Å². The molecule has 12 nitrogen and oxygen atoms in total. The summed E-state index contributed by atoms with van der Waals surface area (Å²) in [6.07, 6.45) is 5.15. The summed E-state index contributed by atoms with van der Waals surface area (Å²) >= 11 is 0. The number of fused-ring (bicyclic) bond motifs is 2. The number of aromatic nitrogens is 2. The van der Waals surface area contributed by atoms with E-state index in [-0.39, 0.29) is 29.6 Å². The van der Waals surface area contributed by atoms with Crippen LogP contribution < -0.4 is 21.3 Å². The van der Waals surface area contributed by atoms with Crippen molar-refractivity contribution in [2.24, 2.45) is 16.6 Å². The lowest BCUT2D eigenvalue weighted by Gasteiger charge is -2.44. The minimum atomic E-state index is -0.550. The molecule has 1 saturated heterocycles. The van der Waals surface area contributed by atoms with E-state index in [0.29, 0.717) is 42.5 Å². The van der Waals surface area contributed by atoms with Gasteiger partial charge in [0.05, 0.1) is 47.8 Å². The van der Waals surface area contributed by atoms with Crippen LogP contribution in [0.3, 0.4) is 0 Å². The standard InChI is InChI=1S/C30H39N9O3/c1-16(2)38(12-22-25(40)26(41)29(42-22)39-15-35-24-27(32)33-14-34-28(24)39)19-9-17(10-19)5-8-23-36-20-7-6-18(11-21(20)37-23)30(3,4)13-31/h6-7,11,14,16-17,19,28,35,40-41H,5,8-10,12,15,32H2,1-4H3,(H,33,34)(H,36,37)/t17-,19-,28-/m1/s1. The lowest BCUT2D eigenvalue weighted by molar-refractivity contribution is 0.0372. The Morgan fingerprint density at radius 1 is 1.26 bits per heavy atom. The van der Waals surface area contributed by atoms with Crippen LogP contribution in [0, 0.1) is 17.2 Å². The molecule has 2 aromatic heterocycles. The summed E-state index contributed by atoms with van der Waals surface area (Å²) in [5.74, 6) is 1.95. The Labute approximate surface area is 244 Å². The highest BCUT2D eigenvalue weighted by atomic mass is 16.4. The Bertz CT molecular complexity index is 1590. The number of nitrogens with zero attached hydrogens (tertiary/aromatic N) is 5. The van der Waals surface area contributed by atoms with Gasteiger partial charge in [0.25, 0.3) is 0 Å². The molecule has 2 fully saturated rings. The van der Waals surface area contributed by atoms with Gasteiger partial charge in [-0.25, -0.2) is 9.98 Å². The van der Waals surface area contributed by atoms with E-state index in [9.17, 15) is 15.5 Å². The number of hydrogen-bond donors (Lipinski definition) is 6. The van der Waals surface area contributed by atoms with Crippen molar-refractivity contribution in [3.05, 3.63) is 46.9 Å². The Morgan fingerprint density at radius 2 is 2.05 bits per heavy atom. The van der Waals surface area contributed by atoms with Crippen LogP contribution in [0.2, 0.25) is 0 Å². The normalized spacial score (nSPS) is 21.9. The Morgan fingerprint density at radius 3 is 2.79 bits per heavy atom. The molecular weight excluding hydrogens is 534 g/mol. The molecule has 0 unspecified atom stereocenters. The Kier molecular flexibility index (Phi) is 6.93. The minimum absolute atomic E-state index is 0.190. The van der Waals surface area contributed by atoms with Gasteiger partial charge in [-0.15, -0.1) is 0 Å². The number of aromatic amines is 1. The number of H-pyrrole nitrogens is 1. The zero-order valence-electron chi connectivity index (χ0n) is 24.5. The number of benzene rings is 1. The van der Waals surface area contributed by atoms with Crippen molar-refractivity contribution in [2.45, 2.75) is 83.6 Å². The minimum Gasteiger partial charge on any atom is -0.502 e. The third-order valence-electron chi connectivity index (χ3n) is 8.90. The summed E-state index contributed by atoms with van der Waals surface area (Å²) in [6.45, 7) is 8.86. The van der Waals surface area contributed by atoms with E-state index in [2.05, 4.69) is 45.4 Å². The zero-order chi connectivity index (χ0) is 29.8. The largest absolute Gasteiger partial charge is 0.502 e. The molecule has 0 bridgehead atoms. The van der Waals surface area contributed by atoms with Gasteiger partial charge in [-0.05, 0) is 70.6 Å². The molecule has 222 valence electrons. The molecule has 7 N–H and O–H groups in total. The highest BCUT2D eigenvalue weighted by Crippen LogP contribution is 2.45. The molecule has 3 aliphatic rings. The topological polar surface area (TPSA) is 175 Å². The van der Waals surface area contributed by atoms with E-state index in [1.807, 2.05) is 32.0 Å². The van der Waals surface area contributed by atoms with Crippen LogP contribution in [-0.4, -0.2) is 56.3 Å². The van der Waals surface area contributed by atoms with E-state index in [4.69, 9.17) is 15.1 Å². The first-order chi connectivity index (χ1) is 20.1. The first kappa shape index (κ1) is 27.8. The molecule has 12 heteroatoms. The molecule has 42 heavy (non-hydrogen) atoms. The number of nitriles is 1. The van der Waals surface area contributed by atoms with Crippen LogP contribution in [0.5, 0.6) is 11.5 Å². The number of nitrogens with one attached hydrogen (secondary N) is 3. The molecule has 4 heterocycles. The molecule has 3 aromatic rings. The van der Waals surface area contributed by atoms with Crippen molar-refractivity contribution in [1.82, 2.24) is 25.5 Å². The number of aromatic hydroxyl groups is 2. The van der Waals surface area contributed by atoms with Crippen molar-refractivity contribution in [2.75, 3.05) is 11.6 Å². The van der Waals surface area contributed by atoms with Crippen molar-refractivity contribution >= 4 is 23.3 Å². The van der Waals surface area contributed by atoms with E-state index in [0.717, 1.165) is 48.1 Å². The summed E-state index contributed by atoms with van der Waals surface area (Å²) in [7, 11) is 0. The van der Waals surface area contributed by atoms with Gasteiger partial charge >= 0.3 is 0 Å². The van der Waals surface area contributed by atoms with Crippen LogP contribution in [-0.2, 0) is 18.4 Å². The highest BCUT2D eigenvalue weighted by Gasteiger charge is 2.39. The fourth-order valence-electron chi connectivity index (χ4n) is 6.18. The molecule has 2 aliphatic heterocycles. The second-order valence-electron chi connectivity index (χ2n) is 12.4.